The van der Waals surface area contributed by atoms with Gasteiger partial charge in [-0.2, -0.15) is 0 Å². The number of allylic oxidation sites excluding steroid dienone is 1. The van der Waals surface area contributed by atoms with Crippen LogP contribution in [-0.4, -0.2) is 4.57 Å². The third-order valence-corrected chi connectivity index (χ3v) is 2.91. The van der Waals surface area contributed by atoms with Gasteiger partial charge in [0.2, 0.25) is 0 Å². The van der Waals surface area contributed by atoms with Crippen molar-refractivity contribution in [1.29, 1.82) is 0 Å². The Balaban J connectivity index is 2.02. The van der Waals surface area contributed by atoms with E-state index < -0.39 is 0 Å². The zero-order chi connectivity index (χ0) is 10.8. The topological polar surface area (TPSA) is 17.0 Å². The standard InChI is InChI=1S/C14H14N2/c1-2-5-12(6-3-1)13-9-14-10-15-7-4-8-16(14)11-13/h1-7,9,11,15H,8,10H2. The number of nitrogens with zero attached hydrogens (tertiary/aromatic N) is 1. The van der Waals surface area contributed by atoms with E-state index in [0.717, 1.165) is 13.1 Å². The summed E-state index contributed by atoms with van der Waals surface area (Å²) < 4.78 is 2.29. The molecule has 2 nitrogen and oxygen atoms in total. The third-order valence-electron chi connectivity index (χ3n) is 2.91. The van der Waals surface area contributed by atoms with E-state index in [-0.39, 0.29) is 0 Å². The SMILES string of the molecule is C1=CNCc2cc(-c3ccccc3)cn2C1. The van der Waals surface area contributed by atoms with E-state index in [1.807, 2.05) is 6.20 Å². The van der Waals surface area contributed by atoms with Crippen LogP contribution in [0, 0.1) is 0 Å². The highest BCUT2D eigenvalue weighted by Crippen LogP contribution is 2.22. The van der Waals surface area contributed by atoms with E-state index in [2.05, 4.69) is 58.6 Å². The van der Waals surface area contributed by atoms with Crippen LogP contribution in [0.2, 0.25) is 0 Å². The number of fused-ring (bicyclic) bond motifs is 1. The summed E-state index contributed by atoms with van der Waals surface area (Å²) in [5.74, 6) is 0. The molecule has 1 N–H and O–H groups in total. The monoisotopic (exact) mass is 210 g/mol. The minimum atomic E-state index is 0.906. The van der Waals surface area contributed by atoms with Gasteiger partial charge in [0.25, 0.3) is 0 Å². The van der Waals surface area contributed by atoms with Gasteiger partial charge in [0.1, 0.15) is 0 Å². The first-order valence-electron chi connectivity index (χ1n) is 5.56. The van der Waals surface area contributed by atoms with Gasteiger partial charge in [-0.3, -0.25) is 0 Å². The van der Waals surface area contributed by atoms with Crippen LogP contribution < -0.4 is 5.32 Å². The fraction of sp³-hybridized carbons (Fsp3) is 0.143. The molecule has 80 valence electrons. The van der Waals surface area contributed by atoms with Crippen LogP contribution in [0.5, 0.6) is 0 Å². The fourth-order valence-electron chi connectivity index (χ4n) is 2.07. The quantitative estimate of drug-likeness (QED) is 0.765. The maximum Gasteiger partial charge on any atom is 0.0548 e. The second kappa shape index (κ2) is 3.89. The van der Waals surface area contributed by atoms with Crippen LogP contribution in [0.1, 0.15) is 5.69 Å². The van der Waals surface area contributed by atoms with Gasteiger partial charge in [-0.05, 0) is 29.5 Å². The van der Waals surface area contributed by atoms with Gasteiger partial charge in [0.15, 0.2) is 0 Å². The largest absolute Gasteiger partial charge is 0.386 e. The molecule has 2 aromatic rings. The third kappa shape index (κ3) is 1.63. The van der Waals surface area contributed by atoms with Crippen molar-refractivity contribution >= 4 is 0 Å². The fourth-order valence-corrected chi connectivity index (χ4v) is 2.07. The molecule has 2 heterocycles. The zero-order valence-corrected chi connectivity index (χ0v) is 9.06. The minimum Gasteiger partial charge on any atom is -0.386 e. The predicted octanol–water partition coefficient (Wildman–Crippen LogP) is 2.77. The Hall–Kier alpha value is -1.96. The van der Waals surface area contributed by atoms with E-state index >= 15 is 0 Å². The molecule has 1 aliphatic heterocycles. The van der Waals surface area contributed by atoms with E-state index in [4.69, 9.17) is 0 Å². The molecule has 2 heteroatoms. The second-order valence-corrected chi connectivity index (χ2v) is 4.02. The van der Waals surface area contributed by atoms with Crippen molar-refractivity contribution in [3.05, 3.63) is 60.6 Å². The van der Waals surface area contributed by atoms with E-state index in [1.165, 1.54) is 16.8 Å². The highest BCUT2D eigenvalue weighted by Gasteiger charge is 2.07. The average Bonchev–Trinajstić information content (AvgIpc) is 2.62. The van der Waals surface area contributed by atoms with Crippen molar-refractivity contribution in [3.8, 4) is 11.1 Å². The lowest BCUT2D eigenvalue weighted by Crippen LogP contribution is -2.05. The van der Waals surface area contributed by atoms with Crippen LogP contribution >= 0.6 is 0 Å². The molecule has 0 saturated carbocycles. The molecule has 0 atom stereocenters. The molecule has 0 bridgehead atoms. The summed E-state index contributed by atoms with van der Waals surface area (Å²) in [6.07, 6.45) is 6.39. The average molecular weight is 210 g/mol. The molecule has 0 fully saturated rings. The van der Waals surface area contributed by atoms with E-state index in [0.29, 0.717) is 0 Å². The van der Waals surface area contributed by atoms with Crippen molar-refractivity contribution in [1.82, 2.24) is 9.88 Å². The molecule has 1 aromatic heterocycles. The minimum absolute atomic E-state index is 0.906. The van der Waals surface area contributed by atoms with E-state index in [1.54, 1.807) is 0 Å². The molecule has 0 spiro atoms. The molecule has 0 saturated heterocycles. The molecule has 3 rings (SSSR count). The van der Waals surface area contributed by atoms with Gasteiger partial charge in [-0.1, -0.05) is 30.3 Å². The molecule has 0 radical (unpaired) electrons. The van der Waals surface area contributed by atoms with Crippen molar-refractivity contribution in [2.45, 2.75) is 13.1 Å². The molecule has 0 amide bonds. The normalized spacial score (nSPS) is 14.0. The van der Waals surface area contributed by atoms with Crippen molar-refractivity contribution in [2.24, 2.45) is 0 Å². The molecule has 0 unspecified atom stereocenters. The Morgan fingerprint density at radius 3 is 2.81 bits per heavy atom. The number of hydrogen-bond acceptors (Lipinski definition) is 1. The summed E-state index contributed by atoms with van der Waals surface area (Å²) in [6, 6.07) is 12.8. The Morgan fingerprint density at radius 1 is 1.06 bits per heavy atom. The summed E-state index contributed by atoms with van der Waals surface area (Å²) in [7, 11) is 0. The lowest BCUT2D eigenvalue weighted by molar-refractivity contribution is 0.751. The second-order valence-electron chi connectivity index (χ2n) is 4.02. The van der Waals surface area contributed by atoms with Gasteiger partial charge in [0.05, 0.1) is 6.54 Å². The number of rotatable bonds is 1. The predicted molar refractivity (Wildman–Crippen MR) is 65.8 cm³/mol. The summed E-state index contributed by atoms with van der Waals surface area (Å²) in [5.41, 5.74) is 3.92. The summed E-state index contributed by atoms with van der Waals surface area (Å²) in [6.45, 7) is 1.86. The van der Waals surface area contributed by atoms with Gasteiger partial charge in [0, 0.05) is 18.4 Å². The van der Waals surface area contributed by atoms with Crippen LogP contribution in [0.15, 0.2) is 54.9 Å². The number of benzene rings is 1. The highest BCUT2D eigenvalue weighted by atomic mass is 15.0. The number of hydrogen-bond donors (Lipinski definition) is 1. The van der Waals surface area contributed by atoms with Gasteiger partial charge < -0.3 is 9.88 Å². The Bertz CT molecular complexity index is 509. The van der Waals surface area contributed by atoms with E-state index in [9.17, 15) is 0 Å². The maximum atomic E-state index is 3.27. The molecule has 1 aromatic carbocycles. The Kier molecular flexibility index (Phi) is 2.26. The smallest absolute Gasteiger partial charge is 0.0548 e. The van der Waals surface area contributed by atoms with Gasteiger partial charge in [-0.15, -0.1) is 0 Å². The summed E-state index contributed by atoms with van der Waals surface area (Å²) >= 11 is 0. The first-order chi connectivity index (χ1) is 7.93. The van der Waals surface area contributed by atoms with Crippen LogP contribution in [-0.2, 0) is 13.1 Å². The molecule has 1 aliphatic rings. The van der Waals surface area contributed by atoms with Crippen LogP contribution in [0.25, 0.3) is 11.1 Å². The number of nitrogens with one attached hydrogen (secondary N) is 1. The summed E-state index contributed by atoms with van der Waals surface area (Å²) in [4.78, 5) is 0. The van der Waals surface area contributed by atoms with Gasteiger partial charge in [-0.25, -0.2) is 0 Å². The van der Waals surface area contributed by atoms with Crippen molar-refractivity contribution < 1.29 is 0 Å². The van der Waals surface area contributed by atoms with Gasteiger partial charge >= 0.3 is 0 Å². The Morgan fingerprint density at radius 2 is 1.94 bits per heavy atom. The summed E-state index contributed by atoms with van der Waals surface area (Å²) in [5, 5.41) is 3.27. The number of aromatic nitrogens is 1. The zero-order valence-electron chi connectivity index (χ0n) is 9.06. The van der Waals surface area contributed by atoms with Crippen LogP contribution in [0.4, 0.5) is 0 Å². The lowest BCUT2D eigenvalue weighted by Gasteiger charge is -2.01. The first-order valence-corrected chi connectivity index (χ1v) is 5.56. The maximum absolute atomic E-state index is 3.27. The van der Waals surface area contributed by atoms with Crippen LogP contribution in [0.3, 0.4) is 0 Å². The molecular weight excluding hydrogens is 196 g/mol. The Labute approximate surface area is 95.2 Å². The highest BCUT2D eigenvalue weighted by molar-refractivity contribution is 5.63. The molecular formula is C14H14N2. The molecule has 16 heavy (non-hydrogen) atoms. The molecule has 0 aliphatic carbocycles. The first kappa shape index (κ1) is 9.28. The lowest BCUT2D eigenvalue weighted by atomic mass is 10.1. The van der Waals surface area contributed by atoms with Crippen molar-refractivity contribution in [3.63, 3.8) is 0 Å². The van der Waals surface area contributed by atoms with Crippen molar-refractivity contribution in [2.75, 3.05) is 0 Å².